The minimum absolute atomic E-state index is 0.125. The van der Waals surface area contributed by atoms with E-state index in [1.807, 2.05) is 0 Å². The molecule has 1 atom stereocenters. The molecule has 8 nitrogen and oxygen atoms in total. The third kappa shape index (κ3) is 3.64. The zero-order valence-corrected chi connectivity index (χ0v) is 16.6. The molecule has 3 aromatic rings. The lowest BCUT2D eigenvalue weighted by Crippen LogP contribution is -2.29. The number of nitro groups is 1. The number of nitrogens with zero attached hydrogens (tertiary/aromatic N) is 3. The molecule has 1 aliphatic rings. The molecule has 0 spiro atoms. The molecule has 1 aromatic heterocycles. The molecule has 9 heteroatoms. The molecule has 2 aromatic carbocycles. The highest BCUT2D eigenvalue weighted by molar-refractivity contribution is 6.51. The van der Waals surface area contributed by atoms with Gasteiger partial charge in [0.1, 0.15) is 5.76 Å². The number of nitro benzene ring substituents is 1. The van der Waals surface area contributed by atoms with Gasteiger partial charge in [0.05, 0.1) is 16.5 Å². The van der Waals surface area contributed by atoms with Crippen LogP contribution in [-0.4, -0.2) is 26.7 Å². The summed E-state index contributed by atoms with van der Waals surface area (Å²) in [6, 6.07) is 13.8. The van der Waals surface area contributed by atoms with Gasteiger partial charge in [-0.25, -0.2) is 0 Å². The third-order valence-electron chi connectivity index (χ3n) is 4.92. The van der Waals surface area contributed by atoms with Crippen LogP contribution in [0.2, 0.25) is 5.02 Å². The number of hydrogen-bond acceptors (Lipinski definition) is 6. The molecule has 1 N–H and O–H groups in total. The zero-order valence-electron chi connectivity index (χ0n) is 15.8. The van der Waals surface area contributed by atoms with Crippen LogP contribution in [0.25, 0.3) is 5.76 Å². The Balaban J connectivity index is 1.90. The van der Waals surface area contributed by atoms with E-state index < -0.39 is 28.4 Å². The average Bonchev–Trinajstić information content (AvgIpc) is 3.05. The van der Waals surface area contributed by atoms with E-state index in [0.717, 1.165) is 0 Å². The van der Waals surface area contributed by atoms with Crippen LogP contribution in [0.3, 0.4) is 0 Å². The van der Waals surface area contributed by atoms with Gasteiger partial charge in [-0.1, -0.05) is 11.6 Å². The maximum Gasteiger partial charge on any atom is 0.300 e. The first-order valence-electron chi connectivity index (χ1n) is 9.10. The number of benzene rings is 2. The number of aliphatic hydroxyl groups excluding tert-OH is 1. The van der Waals surface area contributed by atoms with Crippen LogP contribution < -0.4 is 4.90 Å². The molecule has 0 aliphatic carbocycles. The highest BCUT2D eigenvalue weighted by atomic mass is 35.5. The van der Waals surface area contributed by atoms with E-state index in [2.05, 4.69) is 4.98 Å². The Kier molecular flexibility index (Phi) is 5.22. The smallest absolute Gasteiger partial charge is 0.300 e. The number of Topliss-reactive ketones (excluding diaryl/α,β-unsaturated/α-hetero) is 1. The van der Waals surface area contributed by atoms with E-state index in [9.17, 15) is 24.8 Å². The lowest BCUT2D eigenvalue weighted by molar-refractivity contribution is -0.384. The Morgan fingerprint density at radius 3 is 2.19 bits per heavy atom. The van der Waals surface area contributed by atoms with Crippen LogP contribution in [0.1, 0.15) is 17.2 Å². The molecule has 4 rings (SSSR count). The molecule has 1 fully saturated rings. The minimum Gasteiger partial charge on any atom is -0.507 e. The zero-order chi connectivity index (χ0) is 22.1. The SMILES string of the molecule is O=C1C(=O)N(c2ccc(Cl)cc2)C(c2ccncc2)/C1=C(/O)c1ccc([N+](=O)[O-])cc1. The van der Waals surface area contributed by atoms with E-state index in [1.165, 1.54) is 41.6 Å². The fraction of sp³-hybridized carbons (Fsp3) is 0.0455. The number of aromatic nitrogens is 1. The monoisotopic (exact) mass is 435 g/mol. The molecule has 2 heterocycles. The molecule has 1 amide bonds. The molecular weight excluding hydrogens is 422 g/mol. The summed E-state index contributed by atoms with van der Waals surface area (Å²) >= 11 is 5.96. The number of hydrogen-bond donors (Lipinski definition) is 1. The standard InChI is InChI=1S/C22H14ClN3O5/c23-15-3-7-16(8-4-15)25-19(13-9-11-24-12-10-13)18(21(28)22(25)29)20(27)14-1-5-17(6-2-14)26(30)31/h1-12,19,27H/b20-18-. The minimum atomic E-state index is -0.917. The van der Waals surface area contributed by atoms with Crippen LogP contribution in [0.4, 0.5) is 11.4 Å². The van der Waals surface area contributed by atoms with Gasteiger partial charge in [-0.3, -0.25) is 29.6 Å². The number of anilines is 1. The van der Waals surface area contributed by atoms with E-state index >= 15 is 0 Å². The van der Waals surface area contributed by atoms with Crippen LogP contribution >= 0.6 is 11.6 Å². The lowest BCUT2D eigenvalue weighted by Gasteiger charge is -2.25. The van der Waals surface area contributed by atoms with Gasteiger partial charge in [-0.15, -0.1) is 0 Å². The van der Waals surface area contributed by atoms with Gasteiger partial charge < -0.3 is 5.11 Å². The predicted octanol–water partition coefficient (Wildman–Crippen LogP) is 4.27. The van der Waals surface area contributed by atoms with Crippen molar-refractivity contribution in [1.82, 2.24) is 4.98 Å². The van der Waals surface area contributed by atoms with Crippen molar-refractivity contribution in [2.24, 2.45) is 0 Å². The number of non-ortho nitro benzene ring substituents is 1. The fourth-order valence-corrected chi connectivity index (χ4v) is 3.58. The summed E-state index contributed by atoms with van der Waals surface area (Å²) in [6.45, 7) is 0. The first-order valence-corrected chi connectivity index (χ1v) is 9.47. The normalized spacial score (nSPS) is 17.7. The Hall–Kier alpha value is -4.04. The number of carbonyl (C=O) groups excluding carboxylic acids is 2. The van der Waals surface area contributed by atoms with Crippen molar-refractivity contribution in [3.63, 3.8) is 0 Å². The lowest BCUT2D eigenvalue weighted by atomic mass is 9.95. The van der Waals surface area contributed by atoms with E-state index in [1.54, 1.807) is 36.4 Å². The Labute approximate surface area is 181 Å². The fourth-order valence-electron chi connectivity index (χ4n) is 3.46. The molecule has 31 heavy (non-hydrogen) atoms. The van der Waals surface area contributed by atoms with Crippen molar-refractivity contribution in [2.75, 3.05) is 4.90 Å². The summed E-state index contributed by atoms with van der Waals surface area (Å²) in [7, 11) is 0. The summed E-state index contributed by atoms with van der Waals surface area (Å²) < 4.78 is 0. The molecule has 1 aliphatic heterocycles. The Morgan fingerprint density at radius 2 is 1.61 bits per heavy atom. The van der Waals surface area contributed by atoms with Gasteiger partial charge >= 0.3 is 0 Å². The number of amides is 1. The molecule has 0 radical (unpaired) electrons. The van der Waals surface area contributed by atoms with Gasteiger partial charge in [0.2, 0.25) is 0 Å². The largest absolute Gasteiger partial charge is 0.507 e. The number of halogens is 1. The average molecular weight is 436 g/mol. The summed E-state index contributed by atoms with van der Waals surface area (Å²) in [5.74, 6) is -2.10. The topological polar surface area (TPSA) is 114 Å². The molecule has 1 unspecified atom stereocenters. The second kappa shape index (κ2) is 8.00. The van der Waals surface area contributed by atoms with Crippen molar-refractivity contribution >= 4 is 40.4 Å². The summed E-state index contributed by atoms with van der Waals surface area (Å²) in [5, 5.41) is 22.3. The number of pyridine rings is 1. The molecule has 0 bridgehead atoms. The number of aliphatic hydroxyl groups is 1. The summed E-state index contributed by atoms with van der Waals surface area (Å²) in [4.78, 5) is 41.5. The number of carbonyl (C=O) groups is 2. The van der Waals surface area contributed by atoms with Gasteiger partial charge in [0.25, 0.3) is 17.4 Å². The number of rotatable bonds is 4. The maximum absolute atomic E-state index is 13.0. The van der Waals surface area contributed by atoms with E-state index in [-0.39, 0.29) is 16.8 Å². The van der Waals surface area contributed by atoms with Crippen molar-refractivity contribution < 1.29 is 19.6 Å². The Morgan fingerprint density at radius 1 is 1.00 bits per heavy atom. The van der Waals surface area contributed by atoms with Gasteiger partial charge in [0.15, 0.2) is 0 Å². The highest BCUT2D eigenvalue weighted by Crippen LogP contribution is 2.42. The van der Waals surface area contributed by atoms with Crippen molar-refractivity contribution in [3.05, 3.63) is 105 Å². The van der Waals surface area contributed by atoms with Crippen LogP contribution in [-0.2, 0) is 9.59 Å². The molecule has 1 saturated heterocycles. The van der Waals surface area contributed by atoms with Crippen molar-refractivity contribution in [1.29, 1.82) is 0 Å². The van der Waals surface area contributed by atoms with Gasteiger partial charge in [-0.2, -0.15) is 0 Å². The van der Waals surface area contributed by atoms with Gasteiger partial charge in [0, 0.05) is 40.8 Å². The van der Waals surface area contributed by atoms with Gasteiger partial charge in [-0.05, 0) is 54.1 Å². The molecule has 154 valence electrons. The quantitative estimate of drug-likeness (QED) is 0.215. The predicted molar refractivity (Wildman–Crippen MR) is 114 cm³/mol. The Bertz CT molecular complexity index is 1210. The molecular formula is C22H14ClN3O5. The number of ketones is 1. The van der Waals surface area contributed by atoms with Crippen LogP contribution in [0.5, 0.6) is 0 Å². The van der Waals surface area contributed by atoms with Crippen molar-refractivity contribution in [2.45, 2.75) is 6.04 Å². The summed E-state index contributed by atoms with van der Waals surface area (Å²) in [6.07, 6.45) is 3.03. The maximum atomic E-state index is 13.0. The molecule has 0 saturated carbocycles. The van der Waals surface area contributed by atoms with E-state index in [0.29, 0.717) is 16.3 Å². The third-order valence-corrected chi connectivity index (χ3v) is 5.17. The highest BCUT2D eigenvalue weighted by Gasteiger charge is 2.46. The van der Waals surface area contributed by atoms with Crippen molar-refractivity contribution in [3.8, 4) is 0 Å². The second-order valence-electron chi connectivity index (χ2n) is 6.73. The second-order valence-corrected chi connectivity index (χ2v) is 7.17. The first-order chi connectivity index (χ1) is 14.9. The van der Waals surface area contributed by atoms with Crippen LogP contribution in [0, 0.1) is 10.1 Å². The van der Waals surface area contributed by atoms with E-state index in [4.69, 9.17) is 11.6 Å². The first kappa shape index (κ1) is 20.2. The summed E-state index contributed by atoms with van der Waals surface area (Å²) in [5.41, 5.74) is 0.881. The van der Waals surface area contributed by atoms with Crippen LogP contribution in [0.15, 0.2) is 78.6 Å².